The van der Waals surface area contributed by atoms with E-state index >= 15 is 0 Å². The lowest BCUT2D eigenvalue weighted by molar-refractivity contribution is -0.136. The van der Waals surface area contributed by atoms with Crippen molar-refractivity contribution in [3.05, 3.63) is 24.3 Å². The lowest BCUT2D eigenvalue weighted by Crippen LogP contribution is -2.40. The molecule has 0 atom stereocenters. The molecule has 1 aromatic heterocycles. The molecule has 0 aliphatic carbocycles. The van der Waals surface area contributed by atoms with Gasteiger partial charge in [0.15, 0.2) is 0 Å². The Kier molecular flexibility index (Phi) is 4.82. The van der Waals surface area contributed by atoms with Gasteiger partial charge in [0.25, 0.3) is 0 Å². The molecule has 0 saturated heterocycles. The molecule has 1 aromatic rings. The van der Waals surface area contributed by atoms with Crippen LogP contribution in [-0.2, 0) is 10.0 Å². The van der Waals surface area contributed by atoms with Crippen LogP contribution in [0.5, 0.6) is 0 Å². The van der Waals surface area contributed by atoms with Gasteiger partial charge in [0.1, 0.15) is 17.3 Å². The van der Waals surface area contributed by atoms with Crippen molar-refractivity contribution < 1.29 is 31.1 Å². The highest BCUT2D eigenvalue weighted by Gasteiger charge is 2.37. The number of nitrogens with zero attached hydrogens (tertiary/aromatic N) is 2. The summed E-state index contributed by atoms with van der Waals surface area (Å²) in [6.07, 6.45) is -3.32. The third-order valence-electron chi connectivity index (χ3n) is 2.02. The molecule has 5 nitrogen and oxygen atoms in total. The zero-order chi connectivity index (χ0) is 14.7. The van der Waals surface area contributed by atoms with E-state index in [4.69, 9.17) is 5.11 Å². The van der Waals surface area contributed by atoms with Crippen LogP contribution in [0, 0.1) is 5.82 Å². The second kappa shape index (κ2) is 5.80. The summed E-state index contributed by atoms with van der Waals surface area (Å²) in [5.74, 6) is -0.989. The molecule has 0 radical (unpaired) electrons. The Hall–Kier alpha value is -1.26. The van der Waals surface area contributed by atoms with Crippen LogP contribution >= 0.6 is 0 Å². The van der Waals surface area contributed by atoms with Crippen molar-refractivity contribution in [2.45, 2.75) is 11.1 Å². The van der Waals surface area contributed by atoms with Crippen LogP contribution in [0.25, 0.3) is 0 Å². The van der Waals surface area contributed by atoms with Gasteiger partial charge in [0, 0.05) is 12.7 Å². The molecular formula is C9H10F4N2O3S. The normalized spacial score (nSPS) is 12.9. The standard InChI is InChI=1S/C9H10F4N2O3S/c10-7-3-8(5-14-4-7)19(17,18)15(1-2-16)6-9(11,12)13/h3-5,16H,1-2,6H2. The van der Waals surface area contributed by atoms with E-state index in [1.807, 2.05) is 0 Å². The smallest absolute Gasteiger partial charge is 0.395 e. The number of sulfonamides is 1. The molecule has 19 heavy (non-hydrogen) atoms. The van der Waals surface area contributed by atoms with Gasteiger partial charge in [-0.3, -0.25) is 4.98 Å². The Morgan fingerprint density at radius 2 is 1.95 bits per heavy atom. The van der Waals surface area contributed by atoms with Gasteiger partial charge in [0.2, 0.25) is 10.0 Å². The summed E-state index contributed by atoms with van der Waals surface area (Å²) in [4.78, 5) is 2.56. The summed E-state index contributed by atoms with van der Waals surface area (Å²) in [7, 11) is -4.57. The Balaban J connectivity index is 3.13. The number of rotatable bonds is 5. The van der Waals surface area contributed by atoms with Crippen LogP contribution in [0.3, 0.4) is 0 Å². The zero-order valence-electron chi connectivity index (χ0n) is 9.43. The second-order valence-corrected chi connectivity index (χ2v) is 5.45. The maximum absolute atomic E-state index is 12.9. The summed E-state index contributed by atoms with van der Waals surface area (Å²) in [5, 5.41) is 8.64. The van der Waals surface area contributed by atoms with E-state index in [1.165, 1.54) is 0 Å². The minimum absolute atomic E-state index is 0.0173. The molecule has 1 N–H and O–H groups in total. The van der Waals surface area contributed by atoms with E-state index in [0.717, 1.165) is 12.4 Å². The highest BCUT2D eigenvalue weighted by molar-refractivity contribution is 7.89. The lowest BCUT2D eigenvalue weighted by Gasteiger charge is -2.22. The number of hydrogen-bond acceptors (Lipinski definition) is 4. The van der Waals surface area contributed by atoms with Gasteiger partial charge in [-0.25, -0.2) is 12.8 Å². The predicted molar refractivity (Wildman–Crippen MR) is 56.1 cm³/mol. The van der Waals surface area contributed by atoms with E-state index in [-0.39, 0.29) is 4.31 Å². The molecule has 0 bridgehead atoms. The number of halogens is 4. The molecule has 1 heterocycles. The molecule has 0 saturated carbocycles. The van der Waals surface area contributed by atoms with Gasteiger partial charge in [-0.1, -0.05) is 0 Å². The number of hydrogen-bond donors (Lipinski definition) is 1. The monoisotopic (exact) mass is 302 g/mol. The lowest BCUT2D eigenvalue weighted by atomic mass is 10.5. The van der Waals surface area contributed by atoms with Crippen molar-refractivity contribution in [2.24, 2.45) is 0 Å². The summed E-state index contributed by atoms with van der Waals surface area (Å²) in [5.41, 5.74) is 0. The van der Waals surface area contributed by atoms with Crippen molar-refractivity contribution in [1.29, 1.82) is 0 Å². The maximum Gasteiger partial charge on any atom is 0.402 e. The summed E-state index contributed by atoms with van der Waals surface area (Å²) < 4.78 is 73.4. The summed E-state index contributed by atoms with van der Waals surface area (Å²) in [6, 6.07) is 0.559. The third kappa shape index (κ3) is 4.40. The zero-order valence-corrected chi connectivity index (χ0v) is 10.2. The van der Waals surface area contributed by atoms with Crippen molar-refractivity contribution in [3.8, 4) is 0 Å². The number of aliphatic hydroxyl groups is 1. The number of alkyl halides is 3. The minimum atomic E-state index is -4.77. The molecule has 108 valence electrons. The summed E-state index contributed by atoms with van der Waals surface area (Å²) in [6.45, 7) is -3.32. The van der Waals surface area contributed by atoms with Gasteiger partial charge in [-0.2, -0.15) is 17.5 Å². The average Bonchev–Trinajstić information content (AvgIpc) is 2.26. The van der Waals surface area contributed by atoms with Crippen LogP contribution in [0.4, 0.5) is 17.6 Å². The number of aliphatic hydroxyl groups excluding tert-OH is 1. The second-order valence-electron chi connectivity index (χ2n) is 3.52. The predicted octanol–water partition coefficient (Wildman–Crippen LogP) is 0.766. The first kappa shape index (κ1) is 15.8. The first-order valence-electron chi connectivity index (χ1n) is 4.95. The molecular weight excluding hydrogens is 292 g/mol. The molecule has 0 fully saturated rings. The fourth-order valence-electron chi connectivity index (χ4n) is 1.28. The van der Waals surface area contributed by atoms with E-state index in [2.05, 4.69) is 4.98 Å². The van der Waals surface area contributed by atoms with E-state index < -0.39 is 46.6 Å². The van der Waals surface area contributed by atoms with E-state index in [9.17, 15) is 26.0 Å². The van der Waals surface area contributed by atoms with E-state index in [0.29, 0.717) is 6.07 Å². The van der Waals surface area contributed by atoms with Crippen molar-refractivity contribution in [1.82, 2.24) is 9.29 Å². The van der Waals surface area contributed by atoms with Crippen LogP contribution in [0.2, 0.25) is 0 Å². The van der Waals surface area contributed by atoms with E-state index in [1.54, 1.807) is 0 Å². The van der Waals surface area contributed by atoms with Gasteiger partial charge in [-0.05, 0) is 6.07 Å². The van der Waals surface area contributed by atoms with Crippen molar-refractivity contribution in [3.63, 3.8) is 0 Å². The molecule has 1 rings (SSSR count). The number of pyridine rings is 1. The van der Waals surface area contributed by atoms with Crippen LogP contribution in [0.1, 0.15) is 0 Å². The molecule has 0 spiro atoms. The highest BCUT2D eigenvalue weighted by Crippen LogP contribution is 2.22. The Labute approximate surface area is 106 Å². The van der Waals surface area contributed by atoms with Crippen molar-refractivity contribution >= 4 is 10.0 Å². The quantitative estimate of drug-likeness (QED) is 0.816. The Bertz CT molecular complexity index is 533. The molecule has 10 heteroatoms. The van der Waals surface area contributed by atoms with Gasteiger partial charge in [0.05, 0.1) is 12.8 Å². The van der Waals surface area contributed by atoms with Crippen LogP contribution < -0.4 is 0 Å². The first-order chi connectivity index (χ1) is 8.66. The molecule has 0 unspecified atom stereocenters. The van der Waals surface area contributed by atoms with Gasteiger partial charge >= 0.3 is 6.18 Å². The minimum Gasteiger partial charge on any atom is -0.395 e. The largest absolute Gasteiger partial charge is 0.402 e. The highest BCUT2D eigenvalue weighted by atomic mass is 32.2. The SMILES string of the molecule is O=S(=O)(c1cncc(F)c1)N(CCO)CC(F)(F)F. The fraction of sp³-hybridized carbons (Fsp3) is 0.444. The molecule has 0 amide bonds. The molecule has 0 aromatic carbocycles. The topological polar surface area (TPSA) is 70.5 Å². The fourth-order valence-corrected chi connectivity index (χ4v) is 2.67. The van der Waals surface area contributed by atoms with Crippen LogP contribution in [-0.4, -0.2) is 48.7 Å². The van der Waals surface area contributed by atoms with Gasteiger partial charge < -0.3 is 5.11 Å². The number of aromatic nitrogens is 1. The first-order valence-corrected chi connectivity index (χ1v) is 6.39. The Morgan fingerprint density at radius 3 is 2.42 bits per heavy atom. The average molecular weight is 302 g/mol. The maximum atomic E-state index is 12.9. The van der Waals surface area contributed by atoms with Crippen LogP contribution in [0.15, 0.2) is 23.4 Å². The Morgan fingerprint density at radius 1 is 1.32 bits per heavy atom. The molecule has 0 aliphatic rings. The molecule has 0 aliphatic heterocycles. The third-order valence-corrected chi connectivity index (χ3v) is 3.83. The van der Waals surface area contributed by atoms with Crippen molar-refractivity contribution in [2.75, 3.05) is 19.7 Å². The summed E-state index contributed by atoms with van der Waals surface area (Å²) >= 11 is 0. The van der Waals surface area contributed by atoms with Gasteiger partial charge in [-0.15, -0.1) is 0 Å².